The van der Waals surface area contributed by atoms with Crippen molar-refractivity contribution < 1.29 is 5.02 Å². The van der Waals surface area contributed by atoms with Gasteiger partial charge in [-0.2, -0.15) is 0 Å². The molecule has 0 bridgehead atoms. The summed E-state index contributed by atoms with van der Waals surface area (Å²) in [5.74, 6) is 0. The van der Waals surface area contributed by atoms with Gasteiger partial charge in [-0.25, -0.2) is 0 Å². The number of rotatable bonds is 1. The molecular formula is C24H15BO. The molecule has 0 saturated heterocycles. The van der Waals surface area contributed by atoms with Crippen molar-refractivity contribution in [1.29, 1.82) is 0 Å². The minimum absolute atomic E-state index is 0.612. The topological polar surface area (TPSA) is 20.2 Å². The molecular weight excluding hydrogens is 315 g/mol. The van der Waals surface area contributed by atoms with Gasteiger partial charge < -0.3 is 5.02 Å². The van der Waals surface area contributed by atoms with Crippen LogP contribution in [-0.2, 0) is 0 Å². The van der Waals surface area contributed by atoms with Crippen LogP contribution in [0.2, 0.25) is 0 Å². The predicted molar refractivity (Wildman–Crippen MR) is 112 cm³/mol. The van der Waals surface area contributed by atoms with Gasteiger partial charge in [-0.05, 0) is 54.4 Å². The fourth-order valence-corrected chi connectivity index (χ4v) is 4.53. The highest BCUT2D eigenvalue weighted by atomic mass is 16.2. The van der Waals surface area contributed by atoms with E-state index in [1.54, 1.807) is 0 Å². The molecule has 0 unspecified atom stereocenters. The Bertz CT molecular complexity index is 1330. The molecule has 5 aromatic rings. The van der Waals surface area contributed by atoms with Crippen LogP contribution >= 0.6 is 0 Å². The van der Waals surface area contributed by atoms with Gasteiger partial charge in [0, 0.05) is 0 Å². The summed E-state index contributed by atoms with van der Waals surface area (Å²) in [5.41, 5.74) is 4.24. The van der Waals surface area contributed by atoms with E-state index in [4.69, 9.17) is 0 Å². The van der Waals surface area contributed by atoms with Gasteiger partial charge in [0.05, 0.1) is 0 Å². The molecule has 6 rings (SSSR count). The van der Waals surface area contributed by atoms with E-state index >= 15 is 0 Å². The second-order valence-corrected chi connectivity index (χ2v) is 7.11. The molecule has 2 heteroatoms. The zero-order chi connectivity index (χ0) is 17.3. The minimum Gasteiger partial charge on any atom is -0.443 e. The Morgan fingerprint density at radius 3 is 2.19 bits per heavy atom. The molecule has 0 radical (unpaired) electrons. The molecule has 1 aliphatic rings. The lowest BCUT2D eigenvalue weighted by Gasteiger charge is -2.24. The SMILES string of the molecule is OB1C(c2ccccc2)=Cc2ccc3ccc4cccc5cc1c2c3c45. The van der Waals surface area contributed by atoms with Gasteiger partial charge in [-0.3, -0.25) is 0 Å². The molecule has 0 saturated carbocycles. The van der Waals surface area contributed by atoms with Gasteiger partial charge in [0.2, 0.25) is 0 Å². The summed E-state index contributed by atoms with van der Waals surface area (Å²) in [6, 6.07) is 27.5. The van der Waals surface area contributed by atoms with Crippen LogP contribution in [0.1, 0.15) is 11.1 Å². The summed E-state index contributed by atoms with van der Waals surface area (Å²) in [6.45, 7) is -0.612. The molecule has 0 atom stereocenters. The standard InChI is InChI=1S/C24H15BO/c26-25-20(15-5-2-1-3-6-15)13-19-12-11-17-10-9-16-7-4-8-18-14-21(25)23(19)24(17)22(16)18/h1-14,26H. The van der Waals surface area contributed by atoms with Gasteiger partial charge in [0.1, 0.15) is 0 Å². The first-order valence-corrected chi connectivity index (χ1v) is 8.97. The van der Waals surface area contributed by atoms with E-state index in [1.807, 2.05) is 18.2 Å². The van der Waals surface area contributed by atoms with Gasteiger partial charge >= 0.3 is 6.92 Å². The lowest BCUT2D eigenvalue weighted by molar-refractivity contribution is 0.601. The van der Waals surface area contributed by atoms with E-state index < -0.39 is 6.92 Å². The van der Waals surface area contributed by atoms with Gasteiger partial charge in [0.25, 0.3) is 0 Å². The first kappa shape index (κ1) is 14.1. The number of hydrogen-bond donors (Lipinski definition) is 1. The number of hydrogen-bond acceptors (Lipinski definition) is 1. The van der Waals surface area contributed by atoms with Crippen molar-refractivity contribution >= 4 is 56.2 Å². The highest BCUT2D eigenvalue weighted by molar-refractivity contribution is 6.88. The zero-order valence-electron chi connectivity index (χ0n) is 14.1. The van der Waals surface area contributed by atoms with Crippen molar-refractivity contribution in [2.24, 2.45) is 0 Å². The monoisotopic (exact) mass is 330 g/mol. The Morgan fingerprint density at radius 1 is 0.615 bits per heavy atom. The highest BCUT2D eigenvalue weighted by Gasteiger charge is 2.29. The summed E-state index contributed by atoms with van der Waals surface area (Å²) >= 11 is 0. The summed E-state index contributed by atoms with van der Waals surface area (Å²) in [5, 5.41) is 18.7. The fourth-order valence-electron chi connectivity index (χ4n) is 4.53. The Hall–Kier alpha value is -3.10. The Kier molecular flexibility index (Phi) is 2.70. The van der Waals surface area contributed by atoms with Crippen LogP contribution in [0.5, 0.6) is 0 Å². The van der Waals surface area contributed by atoms with E-state index in [0.717, 1.165) is 16.5 Å². The van der Waals surface area contributed by atoms with Crippen molar-refractivity contribution in [3.63, 3.8) is 0 Å². The summed E-state index contributed by atoms with van der Waals surface area (Å²) in [6.07, 6.45) is 2.15. The summed E-state index contributed by atoms with van der Waals surface area (Å²) in [4.78, 5) is 0. The molecule has 0 fully saturated rings. The molecule has 0 aromatic heterocycles. The lowest BCUT2D eigenvalue weighted by atomic mass is 9.49. The van der Waals surface area contributed by atoms with E-state index in [0.29, 0.717) is 0 Å². The van der Waals surface area contributed by atoms with Crippen LogP contribution in [-0.4, -0.2) is 11.9 Å². The van der Waals surface area contributed by atoms with Gasteiger partial charge in [-0.1, -0.05) is 84.9 Å². The average molecular weight is 330 g/mol. The zero-order valence-corrected chi connectivity index (χ0v) is 14.1. The smallest absolute Gasteiger partial charge is 0.360 e. The van der Waals surface area contributed by atoms with Crippen LogP contribution in [0.15, 0.2) is 78.9 Å². The maximum absolute atomic E-state index is 11.2. The Labute approximate surface area is 151 Å². The molecule has 0 aliphatic carbocycles. The molecule has 5 aromatic carbocycles. The highest BCUT2D eigenvalue weighted by Crippen LogP contribution is 2.38. The molecule has 120 valence electrons. The van der Waals surface area contributed by atoms with Gasteiger partial charge in [0.15, 0.2) is 0 Å². The van der Waals surface area contributed by atoms with Crippen LogP contribution in [0.25, 0.3) is 43.9 Å². The van der Waals surface area contributed by atoms with Crippen LogP contribution < -0.4 is 5.46 Å². The maximum Gasteiger partial charge on any atom is 0.360 e. The second kappa shape index (κ2) is 4.97. The Morgan fingerprint density at radius 2 is 1.35 bits per heavy atom. The van der Waals surface area contributed by atoms with E-state index in [1.165, 1.54) is 37.9 Å². The Balaban J connectivity index is 1.79. The normalized spacial score (nSPS) is 13.7. The van der Waals surface area contributed by atoms with Crippen molar-refractivity contribution in [3.05, 3.63) is 90.0 Å². The van der Waals surface area contributed by atoms with Crippen molar-refractivity contribution in [1.82, 2.24) is 0 Å². The van der Waals surface area contributed by atoms with Crippen LogP contribution in [0, 0.1) is 0 Å². The van der Waals surface area contributed by atoms with Crippen LogP contribution in [0.4, 0.5) is 0 Å². The first-order chi connectivity index (χ1) is 12.8. The molecule has 0 spiro atoms. The second-order valence-electron chi connectivity index (χ2n) is 7.11. The molecule has 1 nitrogen and oxygen atoms in total. The molecule has 0 amide bonds. The number of benzene rings is 5. The summed E-state index contributed by atoms with van der Waals surface area (Å²) < 4.78 is 0. The third kappa shape index (κ3) is 1.74. The third-order valence-electron chi connectivity index (χ3n) is 5.70. The maximum atomic E-state index is 11.2. The van der Waals surface area contributed by atoms with E-state index in [-0.39, 0.29) is 0 Å². The van der Waals surface area contributed by atoms with E-state index in [2.05, 4.69) is 66.7 Å². The van der Waals surface area contributed by atoms with Crippen molar-refractivity contribution in [3.8, 4) is 0 Å². The van der Waals surface area contributed by atoms with Crippen molar-refractivity contribution in [2.75, 3.05) is 0 Å². The van der Waals surface area contributed by atoms with Crippen LogP contribution in [0.3, 0.4) is 0 Å². The lowest BCUT2D eigenvalue weighted by Crippen LogP contribution is -2.35. The van der Waals surface area contributed by atoms with Gasteiger partial charge in [-0.15, -0.1) is 0 Å². The van der Waals surface area contributed by atoms with Crippen molar-refractivity contribution in [2.45, 2.75) is 0 Å². The third-order valence-corrected chi connectivity index (χ3v) is 5.70. The first-order valence-electron chi connectivity index (χ1n) is 8.97. The molecule has 1 N–H and O–H groups in total. The fraction of sp³-hybridized carbons (Fsp3) is 0. The quantitative estimate of drug-likeness (QED) is 0.343. The average Bonchev–Trinajstić information content (AvgIpc) is 2.70. The summed E-state index contributed by atoms with van der Waals surface area (Å²) in [7, 11) is 0. The predicted octanol–water partition coefficient (Wildman–Crippen LogP) is 4.87. The minimum atomic E-state index is -0.612. The van der Waals surface area contributed by atoms with E-state index in [9.17, 15) is 5.02 Å². The molecule has 1 heterocycles. The largest absolute Gasteiger partial charge is 0.443 e. The molecule has 26 heavy (non-hydrogen) atoms. The molecule has 1 aliphatic heterocycles.